The van der Waals surface area contributed by atoms with Gasteiger partial charge in [0.05, 0.1) is 5.69 Å². The van der Waals surface area contributed by atoms with Gasteiger partial charge >= 0.3 is 0 Å². The SMILES string of the molecule is Nc1n[nH]c(N)c1N=Nc1ccc(Br)c2ccccc12. The molecule has 0 unspecified atom stereocenters. The van der Waals surface area contributed by atoms with Crippen molar-refractivity contribution in [2.75, 3.05) is 11.5 Å². The van der Waals surface area contributed by atoms with E-state index in [0.717, 1.165) is 20.9 Å². The number of hydrogen-bond acceptors (Lipinski definition) is 5. The van der Waals surface area contributed by atoms with Crippen molar-refractivity contribution in [3.8, 4) is 0 Å². The fourth-order valence-electron chi connectivity index (χ4n) is 1.91. The lowest BCUT2D eigenvalue weighted by Gasteiger charge is -2.03. The molecule has 0 radical (unpaired) electrons. The van der Waals surface area contributed by atoms with Gasteiger partial charge < -0.3 is 11.5 Å². The molecule has 3 aromatic rings. The summed E-state index contributed by atoms with van der Waals surface area (Å²) in [6.07, 6.45) is 0. The number of nitrogens with one attached hydrogen (secondary N) is 1. The Morgan fingerprint density at radius 1 is 1.00 bits per heavy atom. The molecule has 0 aliphatic carbocycles. The van der Waals surface area contributed by atoms with Gasteiger partial charge in [0.25, 0.3) is 0 Å². The molecule has 0 fully saturated rings. The maximum absolute atomic E-state index is 5.68. The molecule has 2 aromatic carbocycles. The van der Waals surface area contributed by atoms with Crippen molar-refractivity contribution < 1.29 is 0 Å². The first kappa shape index (κ1) is 12.6. The third kappa shape index (κ3) is 2.12. The Hall–Kier alpha value is -2.41. The van der Waals surface area contributed by atoms with E-state index in [9.17, 15) is 0 Å². The summed E-state index contributed by atoms with van der Waals surface area (Å²) in [6, 6.07) is 11.7. The molecule has 6 nitrogen and oxygen atoms in total. The van der Waals surface area contributed by atoms with Crippen LogP contribution in [0.3, 0.4) is 0 Å². The van der Waals surface area contributed by atoms with Crippen LogP contribution in [-0.2, 0) is 0 Å². The highest BCUT2D eigenvalue weighted by molar-refractivity contribution is 9.10. The summed E-state index contributed by atoms with van der Waals surface area (Å²) in [5.41, 5.74) is 12.4. The maximum atomic E-state index is 5.68. The van der Waals surface area contributed by atoms with Crippen LogP contribution in [-0.4, -0.2) is 10.2 Å². The number of nitrogens with zero attached hydrogens (tertiary/aromatic N) is 3. The van der Waals surface area contributed by atoms with Gasteiger partial charge in [-0.05, 0) is 17.5 Å². The molecule has 0 aliphatic heterocycles. The van der Waals surface area contributed by atoms with Crippen molar-refractivity contribution in [2.24, 2.45) is 10.2 Å². The molecule has 100 valence electrons. The number of fused-ring (bicyclic) bond motifs is 1. The molecule has 0 saturated heterocycles. The Morgan fingerprint density at radius 3 is 2.45 bits per heavy atom. The highest BCUT2D eigenvalue weighted by Gasteiger charge is 2.07. The third-order valence-corrected chi connectivity index (χ3v) is 3.59. The van der Waals surface area contributed by atoms with E-state index >= 15 is 0 Å². The number of anilines is 2. The number of benzene rings is 2. The Morgan fingerprint density at radius 2 is 1.75 bits per heavy atom. The molecular weight excluding hydrogens is 320 g/mol. The number of H-pyrrole nitrogens is 1. The van der Waals surface area contributed by atoms with E-state index in [4.69, 9.17) is 11.5 Å². The van der Waals surface area contributed by atoms with E-state index in [1.54, 1.807) is 0 Å². The van der Waals surface area contributed by atoms with Gasteiger partial charge in [0, 0.05) is 9.86 Å². The Bertz CT molecular complexity index is 788. The molecular formula is C13H11BrN6. The van der Waals surface area contributed by atoms with Crippen molar-refractivity contribution in [3.05, 3.63) is 40.9 Å². The number of rotatable bonds is 2. The van der Waals surface area contributed by atoms with Crippen LogP contribution in [0.25, 0.3) is 10.8 Å². The van der Waals surface area contributed by atoms with Crippen LogP contribution in [0.4, 0.5) is 23.0 Å². The maximum Gasteiger partial charge on any atom is 0.175 e. The molecule has 7 heteroatoms. The van der Waals surface area contributed by atoms with E-state index in [2.05, 4.69) is 36.4 Å². The first-order valence-electron chi connectivity index (χ1n) is 5.85. The van der Waals surface area contributed by atoms with Crippen LogP contribution >= 0.6 is 15.9 Å². The van der Waals surface area contributed by atoms with Gasteiger partial charge in [-0.15, -0.1) is 10.2 Å². The molecule has 5 N–H and O–H groups in total. The number of aromatic nitrogens is 2. The van der Waals surface area contributed by atoms with Crippen LogP contribution in [0.1, 0.15) is 0 Å². The fourth-order valence-corrected chi connectivity index (χ4v) is 2.38. The van der Waals surface area contributed by atoms with Crippen molar-refractivity contribution in [2.45, 2.75) is 0 Å². The van der Waals surface area contributed by atoms with Gasteiger partial charge in [-0.1, -0.05) is 40.2 Å². The average Bonchev–Trinajstić information content (AvgIpc) is 2.78. The Kier molecular flexibility index (Phi) is 3.11. The summed E-state index contributed by atoms with van der Waals surface area (Å²) in [5, 5.41) is 16.7. The lowest BCUT2D eigenvalue weighted by molar-refractivity contribution is 1.11. The van der Waals surface area contributed by atoms with Crippen molar-refractivity contribution in [1.82, 2.24) is 10.2 Å². The normalized spacial score (nSPS) is 11.4. The minimum Gasteiger partial charge on any atom is -0.382 e. The van der Waals surface area contributed by atoms with Crippen LogP contribution in [0, 0.1) is 0 Å². The average molecular weight is 331 g/mol. The fraction of sp³-hybridized carbons (Fsp3) is 0. The topological polar surface area (TPSA) is 105 Å². The molecule has 3 rings (SSSR count). The molecule has 0 saturated carbocycles. The van der Waals surface area contributed by atoms with Crippen LogP contribution in [0.15, 0.2) is 51.1 Å². The van der Waals surface area contributed by atoms with Gasteiger partial charge in [0.1, 0.15) is 5.82 Å². The lowest BCUT2D eigenvalue weighted by atomic mass is 10.1. The quantitative estimate of drug-likeness (QED) is 0.620. The van der Waals surface area contributed by atoms with Gasteiger partial charge in [0.15, 0.2) is 11.5 Å². The first-order valence-corrected chi connectivity index (χ1v) is 6.64. The monoisotopic (exact) mass is 330 g/mol. The van der Waals surface area contributed by atoms with Gasteiger partial charge in [0.2, 0.25) is 0 Å². The van der Waals surface area contributed by atoms with E-state index in [1.807, 2.05) is 36.4 Å². The summed E-state index contributed by atoms with van der Waals surface area (Å²) in [6.45, 7) is 0. The van der Waals surface area contributed by atoms with Gasteiger partial charge in [-0.3, -0.25) is 5.10 Å². The summed E-state index contributed by atoms with van der Waals surface area (Å²) in [5.74, 6) is 0.528. The summed E-state index contributed by atoms with van der Waals surface area (Å²) >= 11 is 3.52. The molecule has 1 aromatic heterocycles. The summed E-state index contributed by atoms with van der Waals surface area (Å²) in [7, 11) is 0. The third-order valence-electron chi connectivity index (χ3n) is 2.90. The predicted molar refractivity (Wildman–Crippen MR) is 83.2 cm³/mol. The van der Waals surface area contributed by atoms with E-state index < -0.39 is 0 Å². The Labute approximate surface area is 123 Å². The standard InChI is InChI=1S/C13H11BrN6/c14-9-5-6-10(8-4-2-1-3-7(8)9)17-18-11-12(15)19-20-13(11)16/h1-6H,(H5,15,16,19,20). The molecule has 1 heterocycles. The van der Waals surface area contributed by atoms with Crippen LogP contribution in [0.5, 0.6) is 0 Å². The number of halogens is 1. The largest absolute Gasteiger partial charge is 0.382 e. The molecule has 0 bridgehead atoms. The summed E-state index contributed by atoms with van der Waals surface area (Å²) in [4.78, 5) is 0. The number of aromatic amines is 1. The molecule has 0 atom stereocenters. The van der Waals surface area contributed by atoms with Crippen LogP contribution in [0.2, 0.25) is 0 Å². The van der Waals surface area contributed by atoms with Crippen molar-refractivity contribution in [1.29, 1.82) is 0 Å². The summed E-state index contributed by atoms with van der Waals surface area (Å²) < 4.78 is 1.01. The zero-order valence-corrected chi connectivity index (χ0v) is 11.9. The number of azo groups is 1. The predicted octanol–water partition coefficient (Wildman–Crippen LogP) is 3.91. The van der Waals surface area contributed by atoms with E-state index in [1.165, 1.54) is 0 Å². The minimum absolute atomic E-state index is 0.229. The first-order chi connectivity index (χ1) is 9.66. The Balaban J connectivity index is 2.10. The van der Waals surface area contributed by atoms with Crippen LogP contribution < -0.4 is 11.5 Å². The second-order valence-corrected chi connectivity index (χ2v) is 5.04. The highest BCUT2D eigenvalue weighted by Crippen LogP contribution is 2.34. The molecule has 0 spiro atoms. The van der Waals surface area contributed by atoms with Gasteiger partial charge in [-0.2, -0.15) is 5.10 Å². The van der Waals surface area contributed by atoms with E-state index in [0.29, 0.717) is 11.5 Å². The number of nitrogens with two attached hydrogens (primary N) is 2. The highest BCUT2D eigenvalue weighted by atomic mass is 79.9. The molecule has 20 heavy (non-hydrogen) atoms. The minimum atomic E-state index is 0.229. The second-order valence-electron chi connectivity index (χ2n) is 4.18. The van der Waals surface area contributed by atoms with E-state index in [-0.39, 0.29) is 5.82 Å². The number of hydrogen-bond donors (Lipinski definition) is 3. The second kappa shape index (κ2) is 4.93. The molecule has 0 aliphatic rings. The lowest BCUT2D eigenvalue weighted by Crippen LogP contribution is -1.84. The zero-order chi connectivity index (χ0) is 14.1. The smallest absolute Gasteiger partial charge is 0.175 e. The van der Waals surface area contributed by atoms with Crippen molar-refractivity contribution in [3.63, 3.8) is 0 Å². The van der Waals surface area contributed by atoms with Gasteiger partial charge in [-0.25, -0.2) is 0 Å². The van der Waals surface area contributed by atoms with Crippen molar-refractivity contribution >= 4 is 49.7 Å². The molecule has 0 amide bonds. The zero-order valence-electron chi connectivity index (χ0n) is 10.3. The number of nitrogen functional groups attached to an aromatic ring is 2.